The van der Waals surface area contributed by atoms with Gasteiger partial charge in [-0.1, -0.05) is 49.4 Å². The molecule has 1 unspecified atom stereocenters. The van der Waals surface area contributed by atoms with Crippen molar-refractivity contribution < 1.29 is 82.4 Å². The number of carbonyl (C=O) groups excluding carboxylic acids is 6. The van der Waals surface area contributed by atoms with Crippen LogP contribution in [-0.4, -0.2) is 160 Å². The molecule has 1 aliphatic carbocycles. The van der Waals surface area contributed by atoms with Crippen LogP contribution >= 0.6 is 0 Å². The Balaban J connectivity index is 0.901. The van der Waals surface area contributed by atoms with Crippen molar-refractivity contribution in [2.75, 3.05) is 58.0 Å². The Morgan fingerprint density at radius 3 is 2.22 bits per heavy atom. The fourth-order valence-electron chi connectivity index (χ4n) is 7.63. The fraction of sp³-hybridized carbons (Fsp3) is 0.422. The van der Waals surface area contributed by atoms with Crippen molar-refractivity contribution in [3.8, 4) is 17.0 Å². The van der Waals surface area contributed by atoms with Gasteiger partial charge in [-0.2, -0.15) is 9.78 Å². The molecule has 22 nitrogen and oxygen atoms in total. The first kappa shape index (κ1) is 48.3. The van der Waals surface area contributed by atoms with Gasteiger partial charge < -0.3 is 59.5 Å². The van der Waals surface area contributed by atoms with Crippen molar-refractivity contribution >= 4 is 58.1 Å². The Morgan fingerprint density at radius 2 is 1.51 bits per heavy atom. The monoisotopic (exact) mass is 931 g/mol. The standard InChI is InChI=1S/C45H49N5O17/c1-24-21-34(53)49(42(24)58)14-16-63-18-20-64-19-17-62-15-12-32(51)46-13-11-33(52)47-29-22-25(9-10-31(29)66-44-40(57)38(55)39(56)41(67-44)43(59)60)23-65-45(61)50-30-8-4-7-28-35(30)36(48-50)26-5-2-3-6-27(26)37(28)54/h2-10,22,24,38-41,44,55-57H,11-21,23H2,1H3,(H,46,51)(H,47,52)(H,59,60)/t24?,38-,39-,40+,41-,44+/m0/s1. The van der Waals surface area contributed by atoms with Gasteiger partial charge in [-0.05, 0) is 23.8 Å². The van der Waals surface area contributed by atoms with Crippen LogP contribution in [0.25, 0.3) is 22.2 Å². The summed E-state index contributed by atoms with van der Waals surface area (Å²) in [5.41, 5.74) is 2.43. The van der Waals surface area contributed by atoms with E-state index in [0.717, 1.165) is 4.68 Å². The zero-order valence-electron chi connectivity index (χ0n) is 36.2. The summed E-state index contributed by atoms with van der Waals surface area (Å²) in [4.78, 5) is 89.1. The molecule has 2 saturated heterocycles. The lowest BCUT2D eigenvalue weighted by Crippen LogP contribution is -2.61. The lowest BCUT2D eigenvalue weighted by Gasteiger charge is -2.38. The summed E-state index contributed by atoms with van der Waals surface area (Å²) in [6, 6.07) is 16.0. The molecular weight excluding hydrogens is 883 g/mol. The smallest absolute Gasteiger partial charge is 0.435 e. The Bertz CT molecular complexity index is 2530. The van der Waals surface area contributed by atoms with E-state index in [2.05, 4.69) is 15.7 Å². The maximum absolute atomic E-state index is 13.5. The highest BCUT2D eigenvalue weighted by Gasteiger charge is 2.48. The Kier molecular flexibility index (Phi) is 15.7. The van der Waals surface area contributed by atoms with Gasteiger partial charge in [0.1, 0.15) is 36.4 Å². The number of benzene rings is 3. The van der Waals surface area contributed by atoms with Gasteiger partial charge in [0, 0.05) is 53.8 Å². The Hall–Kier alpha value is -6.66. The van der Waals surface area contributed by atoms with Crippen LogP contribution in [-0.2, 0) is 54.3 Å². The summed E-state index contributed by atoms with van der Waals surface area (Å²) >= 11 is 0. The number of carboxylic acids is 1. The predicted octanol–water partition coefficient (Wildman–Crippen LogP) is 0.983. The number of aliphatic hydroxyl groups excluding tert-OH is 3. The minimum absolute atomic E-state index is 0.0140. The van der Waals surface area contributed by atoms with Crippen molar-refractivity contribution in [2.24, 2.45) is 5.92 Å². The highest BCUT2D eigenvalue weighted by Crippen LogP contribution is 2.39. The van der Waals surface area contributed by atoms with Gasteiger partial charge in [0.25, 0.3) is 0 Å². The van der Waals surface area contributed by atoms with E-state index in [1.807, 2.05) is 0 Å². The number of nitrogens with one attached hydrogen (secondary N) is 2. The van der Waals surface area contributed by atoms with E-state index in [-0.39, 0.29) is 114 Å². The maximum Gasteiger partial charge on any atom is 0.435 e. The number of ether oxygens (including phenoxy) is 6. The number of imide groups is 1. The number of amides is 4. The number of rotatable bonds is 21. The molecule has 4 aromatic rings. The maximum atomic E-state index is 13.5. The molecule has 7 rings (SSSR count). The number of hydrogen-bond donors (Lipinski definition) is 6. The molecule has 3 aromatic carbocycles. The summed E-state index contributed by atoms with van der Waals surface area (Å²) < 4.78 is 34.0. The molecule has 67 heavy (non-hydrogen) atoms. The number of fused-ring (bicyclic) bond motifs is 2. The van der Waals surface area contributed by atoms with Crippen LogP contribution in [0.15, 0.2) is 60.7 Å². The molecular formula is C45H49N5O17. The zero-order valence-corrected chi connectivity index (χ0v) is 36.2. The molecule has 2 fully saturated rings. The molecule has 0 bridgehead atoms. The number of carbonyl (C=O) groups is 7. The summed E-state index contributed by atoms with van der Waals surface area (Å²) in [5.74, 6) is -3.74. The molecule has 0 saturated carbocycles. The van der Waals surface area contributed by atoms with Crippen molar-refractivity contribution in [1.29, 1.82) is 0 Å². The minimum Gasteiger partial charge on any atom is -0.479 e. The number of aromatic nitrogens is 2. The van der Waals surface area contributed by atoms with Crippen molar-refractivity contribution in [1.82, 2.24) is 20.0 Å². The largest absolute Gasteiger partial charge is 0.479 e. The van der Waals surface area contributed by atoms with E-state index in [0.29, 0.717) is 38.9 Å². The molecule has 6 atom stereocenters. The minimum atomic E-state index is -1.98. The third-order valence-electron chi connectivity index (χ3n) is 11.1. The number of anilines is 1. The highest BCUT2D eigenvalue weighted by atomic mass is 16.7. The summed E-state index contributed by atoms with van der Waals surface area (Å²) in [5, 5.41) is 50.8. The van der Waals surface area contributed by atoms with Crippen LogP contribution in [0.1, 0.15) is 47.7 Å². The average Bonchev–Trinajstić information content (AvgIpc) is 3.82. The predicted molar refractivity (Wildman–Crippen MR) is 229 cm³/mol. The fourth-order valence-corrected chi connectivity index (χ4v) is 7.63. The summed E-state index contributed by atoms with van der Waals surface area (Å²) in [6.07, 6.45) is -10.6. The number of aliphatic carboxylic acids is 1. The average molecular weight is 932 g/mol. The van der Waals surface area contributed by atoms with Gasteiger partial charge in [0.05, 0.1) is 57.4 Å². The molecule has 22 heteroatoms. The molecule has 4 amide bonds. The molecule has 1 aromatic heterocycles. The summed E-state index contributed by atoms with van der Waals surface area (Å²) in [6.45, 7) is 2.67. The van der Waals surface area contributed by atoms with Gasteiger partial charge in [-0.3, -0.25) is 28.9 Å². The molecule has 356 valence electrons. The highest BCUT2D eigenvalue weighted by molar-refractivity contribution is 6.25. The number of likely N-dealkylation sites (tertiary alicyclic amines) is 1. The third-order valence-corrected chi connectivity index (χ3v) is 11.1. The molecule has 3 aliphatic rings. The molecule has 0 radical (unpaired) electrons. The SMILES string of the molecule is CC1CC(=O)N(CCOCCOCCOCCC(=O)NCCC(=O)Nc2cc(COC(=O)n3nc4c5c(cccc53)C(=O)c3ccccc3-4)ccc2O[C@@H]2O[C@H](C(=O)O)[C@@H](O)[C@H](O)[C@H]2O)C1=O. The first-order valence-electron chi connectivity index (χ1n) is 21.4. The van der Waals surface area contributed by atoms with Gasteiger partial charge in [0.2, 0.25) is 29.9 Å². The van der Waals surface area contributed by atoms with E-state index < -0.39 is 54.6 Å². The first-order valence-corrected chi connectivity index (χ1v) is 21.4. The van der Waals surface area contributed by atoms with E-state index in [1.165, 1.54) is 23.1 Å². The lowest BCUT2D eigenvalue weighted by molar-refractivity contribution is -0.271. The second-order valence-corrected chi connectivity index (χ2v) is 15.8. The molecule has 6 N–H and O–H groups in total. The summed E-state index contributed by atoms with van der Waals surface area (Å²) in [7, 11) is 0. The number of aliphatic hydroxyl groups is 3. The molecule has 3 heterocycles. The van der Waals surface area contributed by atoms with Crippen molar-refractivity contribution in [3.05, 3.63) is 77.4 Å². The lowest BCUT2D eigenvalue weighted by atomic mass is 9.87. The van der Waals surface area contributed by atoms with E-state index in [4.69, 9.17) is 28.4 Å². The van der Waals surface area contributed by atoms with Gasteiger partial charge >= 0.3 is 12.1 Å². The van der Waals surface area contributed by atoms with E-state index in [9.17, 15) is 54.0 Å². The van der Waals surface area contributed by atoms with Crippen molar-refractivity contribution in [2.45, 2.75) is 63.5 Å². The van der Waals surface area contributed by atoms with Crippen LogP contribution in [0.3, 0.4) is 0 Å². The third kappa shape index (κ3) is 11.1. The van der Waals surface area contributed by atoms with Crippen LogP contribution < -0.4 is 15.4 Å². The van der Waals surface area contributed by atoms with E-state index in [1.54, 1.807) is 49.4 Å². The van der Waals surface area contributed by atoms with Gasteiger partial charge in [-0.25, -0.2) is 9.59 Å². The number of hydrogen-bond acceptors (Lipinski definition) is 17. The van der Waals surface area contributed by atoms with Crippen LogP contribution in [0.4, 0.5) is 10.5 Å². The van der Waals surface area contributed by atoms with Crippen LogP contribution in [0.5, 0.6) is 5.75 Å². The second kappa shape index (κ2) is 21.8. The number of nitrogens with zero attached hydrogens (tertiary/aromatic N) is 3. The normalized spacial score (nSPS) is 21.0. The second-order valence-electron chi connectivity index (χ2n) is 15.8. The van der Waals surface area contributed by atoms with Gasteiger partial charge in [0.15, 0.2) is 11.9 Å². The molecule has 0 spiro atoms. The zero-order chi connectivity index (χ0) is 47.8. The van der Waals surface area contributed by atoms with Crippen LogP contribution in [0, 0.1) is 5.92 Å². The first-order chi connectivity index (χ1) is 32.2. The molecule has 2 aliphatic heterocycles. The number of carboxylic acid groups (broad SMARTS) is 1. The topological polar surface area (TPSA) is 301 Å². The van der Waals surface area contributed by atoms with Crippen LogP contribution in [0.2, 0.25) is 0 Å². The van der Waals surface area contributed by atoms with Crippen molar-refractivity contribution in [3.63, 3.8) is 0 Å². The Labute approximate surface area is 381 Å². The van der Waals surface area contributed by atoms with E-state index >= 15 is 0 Å². The number of ketones is 1. The Morgan fingerprint density at radius 1 is 0.806 bits per heavy atom. The van der Waals surface area contributed by atoms with Gasteiger partial charge in [-0.15, -0.1) is 0 Å². The quantitative estimate of drug-likeness (QED) is 0.0441.